The second-order valence-electron chi connectivity index (χ2n) is 5.64. The lowest BCUT2D eigenvalue weighted by molar-refractivity contribution is 0.0997. The summed E-state index contributed by atoms with van der Waals surface area (Å²) in [6, 6.07) is 22.7. The third kappa shape index (κ3) is 4.30. The third-order valence-corrected chi connectivity index (χ3v) is 3.82. The molecular formula is C22H19NO3. The Bertz CT molecular complexity index is 916. The average Bonchev–Trinajstić information content (AvgIpc) is 2.68. The molecule has 3 rings (SSSR count). The number of carbonyl (C=O) groups excluding carboxylic acids is 1. The Morgan fingerprint density at radius 2 is 1.46 bits per heavy atom. The van der Waals surface area contributed by atoms with Gasteiger partial charge in [0.1, 0.15) is 17.2 Å². The molecule has 0 aromatic heterocycles. The van der Waals surface area contributed by atoms with Gasteiger partial charge >= 0.3 is 0 Å². The SMILES string of the molecule is COc1cc(/C=C/c2ccc(Oc3ccccc3)cc2)ccc1C(N)=O. The van der Waals surface area contributed by atoms with E-state index in [-0.39, 0.29) is 0 Å². The number of methoxy groups -OCH3 is 1. The third-order valence-electron chi connectivity index (χ3n) is 3.82. The first kappa shape index (κ1) is 17.3. The van der Waals surface area contributed by atoms with Gasteiger partial charge in [0.2, 0.25) is 0 Å². The topological polar surface area (TPSA) is 61.6 Å². The lowest BCUT2D eigenvalue weighted by Crippen LogP contribution is -2.12. The number of hydrogen-bond acceptors (Lipinski definition) is 3. The molecular weight excluding hydrogens is 326 g/mol. The van der Waals surface area contributed by atoms with Gasteiger partial charge in [-0.05, 0) is 47.5 Å². The van der Waals surface area contributed by atoms with E-state index in [0.29, 0.717) is 11.3 Å². The Balaban J connectivity index is 1.71. The highest BCUT2D eigenvalue weighted by atomic mass is 16.5. The smallest absolute Gasteiger partial charge is 0.252 e. The molecule has 0 saturated heterocycles. The predicted molar refractivity (Wildman–Crippen MR) is 103 cm³/mol. The average molecular weight is 345 g/mol. The molecule has 0 fully saturated rings. The van der Waals surface area contributed by atoms with Crippen LogP contribution in [0.4, 0.5) is 0 Å². The Hall–Kier alpha value is -3.53. The molecule has 0 saturated carbocycles. The van der Waals surface area contributed by atoms with Gasteiger partial charge in [-0.2, -0.15) is 0 Å². The summed E-state index contributed by atoms with van der Waals surface area (Å²) < 4.78 is 11.0. The molecule has 3 aromatic rings. The van der Waals surface area contributed by atoms with E-state index < -0.39 is 5.91 Å². The van der Waals surface area contributed by atoms with E-state index in [1.807, 2.05) is 72.8 Å². The second kappa shape index (κ2) is 8.03. The number of hydrogen-bond donors (Lipinski definition) is 1. The second-order valence-corrected chi connectivity index (χ2v) is 5.64. The van der Waals surface area contributed by atoms with E-state index in [1.165, 1.54) is 7.11 Å². The van der Waals surface area contributed by atoms with Crippen LogP contribution < -0.4 is 15.2 Å². The van der Waals surface area contributed by atoms with E-state index in [4.69, 9.17) is 15.2 Å². The summed E-state index contributed by atoms with van der Waals surface area (Å²) in [5.74, 6) is 1.54. The van der Waals surface area contributed by atoms with Gasteiger partial charge in [-0.15, -0.1) is 0 Å². The summed E-state index contributed by atoms with van der Waals surface area (Å²) in [5, 5.41) is 0. The summed E-state index contributed by atoms with van der Waals surface area (Å²) in [4.78, 5) is 11.3. The summed E-state index contributed by atoms with van der Waals surface area (Å²) in [6.45, 7) is 0. The minimum absolute atomic E-state index is 0.368. The highest BCUT2D eigenvalue weighted by Gasteiger charge is 2.08. The first-order valence-corrected chi connectivity index (χ1v) is 8.14. The van der Waals surface area contributed by atoms with Crippen molar-refractivity contribution in [3.63, 3.8) is 0 Å². The van der Waals surface area contributed by atoms with Crippen molar-refractivity contribution < 1.29 is 14.3 Å². The fourth-order valence-corrected chi connectivity index (χ4v) is 2.48. The van der Waals surface area contributed by atoms with Crippen molar-refractivity contribution in [3.8, 4) is 17.2 Å². The Labute approximate surface area is 152 Å². The van der Waals surface area contributed by atoms with Crippen molar-refractivity contribution >= 4 is 18.1 Å². The van der Waals surface area contributed by atoms with Crippen LogP contribution in [0.5, 0.6) is 17.2 Å². The number of rotatable bonds is 6. The van der Waals surface area contributed by atoms with Crippen LogP contribution in [0.3, 0.4) is 0 Å². The van der Waals surface area contributed by atoms with Gasteiger partial charge in [0.25, 0.3) is 5.91 Å². The molecule has 0 aliphatic rings. The highest BCUT2D eigenvalue weighted by Crippen LogP contribution is 2.23. The quantitative estimate of drug-likeness (QED) is 0.655. The van der Waals surface area contributed by atoms with Gasteiger partial charge in [0.05, 0.1) is 12.7 Å². The van der Waals surface area contributed by atoms with Gasteiger partial charge < -0.3 is 15.2 Å². The number of nitrogens with two attached hydrogens (primary N) is 1. The predicted octanol–water partition coefficient (Wildman–Crippen LogP) is 4.76. The van der Waals surface area contributed by atoms with Crippen LogP contribution in [0.1, 0.15) is 21.5 Å². The van der Waals surface area contributed by atoms with Crippen molar-refractivity contribution in [2.75, 3.05) is 7.11 Å². The van der Waals surface area contributed by atoms with Crippen LogP contribution in [-0.4, -0.2) is 13.0 Å². The summed E-state index contributed by atoms with van der Waals surface area (Å²) in [5.41, 5.74) is 7.64. The minimum Gasteiger partial charge on any atom is -0.496 e. The minimum atomic E-state index is -0.508. The van der Waals surface area contributed by atoms with Gasteiger partial charge in [0.15, 0.2) is 0 Å². The molecule has 26 heavy (non-hydrogen) atoms. The first-order chi connectivity index (χ1) is 12.7. The van der Waals surface area contributed by atoms with Gasteiger partial charge in [0, 0.05) is 0 Å². The molecule has 4 nitrogen and oxygen atoms in total. The maximum absolute atomic E-state index is 11.3. The fourth-order valence-electron chi connectivity index (χ4n) is 2.48. The van der Waals surface area contributed by atoms with Crippen molar-refractivity contribution in [1.82, 2.24) is 0 Å². The zero-order valence-electron chi connectivity index (χ0n) is 14.4. The van der Waals surface area contributed by atoms with Crippen LogP contribution in [0.25, 0.3) is 12.2 Å². The summed E-state index contributed by atoms with van der Waals surface area (Å²) in [6.07, 6.45) is 3.92. The van der Waals surface area contributed by atoms with Crippen molar-refractivity contribution in [2.45, 2.75) is 0 Å². The molecule has 0 radical (unpaired) electrons. The number of primary amides is 1. The monoisotopic (exact) mass is 345 g/mol. The van der Waals surface area contributed by atoms with E-state index in [0.717, 1.165) is 22.6 Å². The largest absolute Gasteiger partial charge is 0.496 e. The molecule has 4 heteroatoms. The molecule has 0 unspecified atom stereocenters. The highest BCUT2D eigenvalue weighted by molar-refractivity contribution is 5.96. The molecule has 0 bridgehead atoms. The molecule has 3 aromatic carbocycles. The zero-order chi connectivity index (χ0) is 18.4. The molecule has 0 atom stereocenters. The maximum atomic E-state index is 11.3. The summed E-state index contributed by atoms with van der Waals surface area (Å²) >= 11 is 0. The number of ether oxygens (including phenoxy) is 2. The van der Waals surface area contributed by atoms with E-state index in [9.17, 15) is 4.79 Å². The normalized spacial score (nSPS) is 10.7. The lowest BCUT2D eigenvalue weighted by Gasteiger charge is -2.06. The van der Waals surface area contributed by atoms with Crippen molar-refractivity contribution in [2.24, 2.45) is 5.73 Å². The van der Waals surface area contributed by atoms with Crippen LogP contribution in [0, 0.1) is 0 Å². The molecule has 2 N–H and O–H groups in total. The van der Waals surface area contributed by atoms with Crippen LogP contribution in [0.2, 0.25) is 0 Å². The van der Waals surface area contributed by atoms with Crippen LogP contribution in [0.15, 0.2) is 72.8 Å². The standard InChI is InChI=1S/C22H19NO3/c1-25-21-15-17(11-14-20(21)22(23)24)8-7-16-9-12-19(13-10-16)26-18-5-3-2-4-6-18/h2-15H,1H3,(H2,23,24)/b8-7+. The maximum Gasteiger partial charge on any atom is 0.252 e. The fraction of sp³-hybridized carbons (Fsp3) is 0.0455. The summed E-state index contributed by atoms with van der Waals surface area (Å²) in [7, 11) is 1.51. The van der Waals surface area contributed by atoms with Gasteiger partial charge in [-0.1, -0.05) is 48.6 Å². The van der Waals surface area contributed by atoms with E-state index >= 15 is 0 Å². The Morgan fingerprint density at radius 3 is 2.12 bits per heavy atom. The van der Waals surface area contributed by atoms with Crippen LogP contribution >= 0.6 is 0 Å². The van der Waals surface area contributed by atoms with E-state index in [2.05, 4.69) is 0 Å². The number of benzene rings is 3. The van der Waals surface area contributed by atoms with E-state index in [1.54, 1.807) is 12.1 Å². The van der Waals surface area contributed by atoms with Gasteiger partial charge in [-0.3, -0.25) is 4.79 Å². The van der Waals surface area contributed by atoms with Gasteiger partial charge in [-0.25, -0.2) is 0 Å². The zero-order valence-corrected chi connectivity index (χ0v) is 14.4. The molecule has 0 spiro atoms. The molecule has 0 aliphatic carbocycles. The molecule has 1 amide bonds. The Morgan fingerprint density at radius 1 is 0.846 bits per heavy atom. The lowest BCUT2D eigenvalue weighted by atomic mass is 10.1. The number of amides is 1. The van der Waals surface area contributed by atoms with Crippen molar-refractivity contribution in [3.05, 3.63) is 89.5 Å². The van der Waals surface area contributed by atoms with Crippen LogP contribution in [-0.2, 0) is 0 Å². The van der Waals surface area contributed by atoms with Crippen molar-refractivity contribution in [1.29, 1.82) is 0 Å². The molecule has 130 valence electrons. The number of carbonyl (C=O) groups is 1. The number of para-hydroxylation sites is 1. The Kier molecular flexibility index (Phi) is 5.34. The molecule has 0 aliphatic heterocycles. The first-order valence-electron chi connectivity index (χ1n) is 8.14. The molecule has 0 heterocycles.